The van der Waals surface area contributed by atoms with E-state index >= 15 is 0 Å². The van der Waals surface area contributed by atoms with Crippen LogP contribution in [0.15, 0.2) is 48.5 Å². The largest absolute Gasteiger partial charge is 0.496 e. The smallest absolute Gasteiger partial charge is 0.260 e. The number of rotatable bonds is 8. The first-order valence-electron chi connectivity index (χ1n) is 8.41. The predicted molar refractivity (Wildman–Crippen MR) is 104 cm³/mol. The summed E-state index contributed by atoms with van der Waals surface area (Å²) in [5.74, 6) is 1.22. The van der Waals surface area contributed by atoms with Gasteiger partial charge in [-0.25, -0.2) is 0 Å². The van der Waals surface area contributed by atoms with Crippen molar-refractivity contribution in [2.45, 2.75) is 19.1 Å². The average Bonchev–Trinajstić information content (AvgIpc) is 2.63. The lowest BCUT2D eigenvalue weighted by molar-refractivity contribution is -0.127. The molecular formula is C20H25ClN2O3. The third kappa shape index (κ3) is 5.38. The van der Waals surface area contributed by atoms with Gasteiger partial charge in [0.25, 0.3) is 5.91 Å². The Bertz CT molecular complexity index is 719. The van der Waals surface area contributed by atoms with Gasteiger partial charge < -0.3 is 19.7 Å². The SMILES string of the molecule is COc1ccccc1C(CNC(=O)C(C)Oc1ccc(Cl)cc1)N(C)C. The lowest BCUT2D eigenvalue weighted by Crippen LogP contribution is -2.41. The molecule has 0 aliphatic carbocycles. The first-order valence-corrected chi connectivity index (χ1v) is 8.79. The van der Waals surface area contributed by atoms with Gasteiger partial charge in [0, 0.05) is 17.1 Å². The van der Waals surface area contributed by atoms with Gasteiger partial charge in [-0.15, -0.1) is 0 Å². The van der Waals surface area contributed by atoms with Gasteiger partial charge in [-0.3, -0.25) is 4.79 Å². The number of nitrogens with zero attached hydrogens (tertiary/aromatic N) is 1. The number of hydrogen-bond acceptors (Lipinski definition) is 4. The fourth-order valence-corrected chi connectivity index (χ4v) is 2.75. The molecule has 0 spiro atoms. The fraction of sp³-hybridized carbons (Fsp3) is 0.350. The van der Waals surface area contributed by atoms with E-state index in [4.69, 9.17) is 21.1 Å². The van der Waals surface area contributed by atoms with Gasteiger partial charge in [-0.2, -0.15) is 0 Å². The van der Waals surface area contributed by atoms with Gasteiger partial charge in [0.05, 0.1) is 13.2 Å². The molecule has 0 bridgehead atoms. The highest BCUT2D eigenvalue weighted by atomic mass is 35.5. The Morgan fingerprint density at radius 3 is 2.42 bits per heavy atom. The van der Waals surface area contributed by atoms with Crippen LogP contribution in [0.4, 0.5) is 0 Å². The molecule has 2 aromatic carbocycles. The minimum Gasteiger partial charge on any atom is -0.496 e. The van der Waals surface area contributed by atoms with Crippen molar-refractivity contribution in [3.63, 3.8) is 0 Å². The molecule has 0 radical (unpaired) electrons. The molecule has 1 N–H and O–H groups in total. The van der Waals surface area contributed by atoms with Gasteiger partial charge in [0.15, 0.2) is 6.10 Å². The molecule has 0 aromatic heterocycles. The standard InChI is InChI=1S/C20H25ClN2O3/c1-14(26-16-11-9-15(21)10-12-16)20(24)22-13-18(23(2)3)17-7-5-6-8-19(17)25-4/h5-12,14,18H,13H2,1-4H3,(H,22,24). The van der Waals surface area contributed by atoms with Gasteiger partial charge >= 0.3 is 0 Å². The molecule has 140 valence electrons. The third-order valence-corrected chi connectivity index (χ3v) is 4.34. The monoisotopic (exact) mass is 376 g/mol. The number of hydrogen-bond donors (Lipinski definition) is 1. The Morgan fingerprint density at radius 2 is 1.81 bits per heavy atom. The molecule has 1 amide bonds. The van der Waals surface area contributed by atoms with E-state index in [9.17, 15) is 4.79 Å². The van der Waals surface area contributed by atoms with Crippen molar-refractivity contribution < 1.29 is 14.3 Å². The van der Waals surface area contributed by atoms with Crippen molar-refractivity contribution in [1.29, 1.82) is 0 Å². The number of methoxy groups -OCH3 is 1. The molecule has 26 heavy (non-hydrogen) atoms. The lowest BCUT2D eigenvalue weighted by Gasteiger charge is -2.27. The van der Waals surface area contributed by atoms with Crippen molar-refractivity contribution in [3.05, 3.63) is 59.1 Å². The number of nitrogens with one attached hydrogen (secondary N) is 1. The number of carbonyl (C=O) groups excluding carboxylic acids is 1. The lowest BCUT2D eigenvalue weighted by atomic mass is 10.0. The van der Waals surface area contributed by atoms with E-state index in [2.05, 4.69) is 5.32 Å². The molecule has 2 aromatic rings. The highest BCUT2D eigenvalue weighted by molar-refractivity contribution is 6.30. The Hall–Kier alpha value is -2.24. The minimum absolute atomic E-state index is 0.0159. The van der Waals surface area contributed by atoms with E-state index in [1.165, 1.54) is 0 Å². The predicted octanol–water partition coefficient (Wildman–Crippen LogP) is 3.54. The maximum absolute atomic E-state index is 12.4. The summed E-state index contributed by atoms with van der Waals surface area (Å²) in [5.41, 5.74) is 1.02. The molecule has 0 aliphatic heterocycles. The summed E-state index contributed by atoms with van der Waals surface area (Å²) in [6.07, 6.45) is -0.614. The van der Waals surface area contributed by atoms with Crippen LogP contribution in [-0.4, -0.2) is 44.7 Å². The second-order valence-corrected chi connectivity index (χ2v) is 6.62. The summed E-state index contributed by atoms with van der Waals surface area (Å²) in [6.45, 7) is 2.16. The van der Waals surface area contributed by atoms with E-state index in [0.717, 1.165) is 11.3 Å². The van der Waals surface area contributed by atoms with Crippen LogP contribution in [0.3, 0.4) is 0 Å². The summed E-state index contributed by atoms with van der Waals surface area (Å²) in [7, 11) is 5.58. The summed E-state index contributed by atoms with van der Waals surface area (Å²) >= 11 is 5.86. The van der Waals surface area contributed by atoms with E-state index in [1.54, 1.807) is 38.3 Å². The van der Waals surface area contributed by atoms with Crippen LogP contribution in [0.1, 0.15) is 18.5 Å². The highest BCUT2D eigenvalue weighted by Crippen LogP contribution is 2.27. The highest BCUT2D eigenvalue weighted by Gasteiger charge is 2.21. The van der Waals surface area contributed by atoms with E-state index < -0.39 is 6.10 Å². The number of carbonyl (C=O) groups is 1. The maximum Gasteiger partial charge on any atom is 0.260 e. The summed E-state index contributed by atoms with van der Waals surface area (Å²) in [4.78, 5) is 14.5. The summed E-state index contributed by atoms with van der Waals surface area (Å²) in [6, 6.07) is 14.7. The molecule has 0 saturated heterocycles. The van der Waals surface area contributed by atoms with Crippen molar-refractivity contribution in [3.8, 4) is 11.5 Å². The number of likely N-dealkylation sites (N-methyl/N-ethyl adjacent to an activating group) is 1. The molecule has 6 heteroatoms. The normalized spacial score (nSPS) is 13.2. The molecular weight excluding hydrogens is 352 g/mol. The molecule has 2 rings (SSSR count). The number of para-hydroxylation sites is 1. The first kappa shape index (κ1) is 20.1. The zero-order valence-electron chi connectivity index (χ0n) is 15.5. The summed E-state index contributed by atoms with van der Waals surface area (Å²) < 4.78 is 11.1. The van der Waals surface area contributed by atoms with Crippen LogP contribution in [0, 0.1) is 0 Å². The molecule has 0 fully saturated rings. The average molecular weight is 377 g/mol. The van der Waals surface area contributed by atoms with Gasteiger partial charge in [-0.1, -0.05) is 29.8 Å². The van der Waals surface area contributed by atoms with E-state index in [0.29, 0.717) is 17.3 Å². The van der Waals surface area contributed by atoms with Crippen molar-refractivity contribution in [2.75, 3.05) is 27.7 Å². The Kier molecular flexibility index (Phi) is 7.30. The Morgan fingerprint density at radius 1 is 1.15 bits per heavy atom. The topological polar surface area (TPSA) is 50.8 Å². The van der Waals surface area contributed by atoms with Gasteiger partial charge in [0.1, 0.15) is 11.5 Å². The van der Waals surface area contributed by atoms with Crippen molar-refractivity contribution in [2.24, 2.45) is 0 Å². The molecule has 0 saturated carbocycles. The number of ether oxygens (including phenoxy) is 2. The van der Waals surface area contributed by atoms with Gasteiger partial charge in [0.2, 0.25) is 0 Å². The van der Waals surface area contributed by atoms with Crippen LogP contribution >= 0.6 is 11.6 Å². The number of benzene rings is 2. The summed E-state index contributed by atoms with van der Waals surface area (Å²) in [5, 5.41) is 3.58. The second kappa shape index (κ2) is 9.46. The second-order valence-electron chi connectivity index (χ2n) is 6.18. The Labute approximate surface area is 159 Å². The zero-order valence-corrected chi connectivity index (χ0v) is 16.3. The van der Waals surface area contributed by atoms with Crippen LogP contribution < -0.4 is 14.8 Å². The molecule has 2 unspecified atom stereocenters. The van der Waals surface area contributed by atoms with Crippen LogP contribution in [0.5, 0.6) is 11.5 Å². The number of amides is 1. The molecule has 5 nitrogen and oxygen atoms in total. The van der Waals surface area contributed by atoms with Crippen molar-refractivity contribution >= 4 is 17.5 Å². The van der Waals surface area contributed by atoms with E-state index in [-0.39, 0.29) is 11.9 Å². The maximum atomic E-state index is 12.4. The van der Waals surface area contributed by atoms with Gasteiger partial charge in [-0.05, 0) is 51.4 Å². The fourth-order valence-electron chi connectivity index (χ4n) is 2.62. The van der Waals surface area contributed by atoms with Crippen LogP contribution in [0.25, 0.3) is 0 Å². The Balaban J connectivity index is 1.99. The van der Waals surface area contributed by atoms with Crippen LogP contribution in [-0.2, 0) is 4.79 Å². The zero-order chi connectivity index (χ0) is 19.1. The van der Waals surface area contributed by atoms with Crippen LogP contribution in [0.2, 0.25) is 5.02 Å². The van der Waals surface area contributed by atoms with Crippen molar-refractivity contribution in [1.82, 2.24) is 10.2 Å². The molecule has 2 atom stereocenters. The van der Waals surface area contributed by atoms with E-state index in [1.807, 2.05) is 43.3 Å². The number of halogens is 1. The molecule has 0 heterocycles. The first-order chi connectivity index (χ1) is 12.4. The quantitative estimate of drug-likeness (QED) is 0.765. The minimum atomic E-state index is -0.614. The molecule has 0 aliphatic rings. The third-order valence-electron chi connectivity index (χ3n) is 4.09.